The van der Waals surface area contributed by atoms with Crippen molar-refractivity contribution in [2.24, 2.45) is 0 Å². The summed E-state index contributed by atoms with van der Waals surface area (Å²) in [6.45, 7) is 1.72. The number of nitrogens with two attached hydrogens (primary N) is 1. The number of hydrogen-bond donors (Lipinski definition) is 2. The van der Waals surface area contributed by atoms with Crippen LogP contribution in [0.5, 0.6) is 0 Å². The molecule has 1 unspecified atom stereocenters. The van der Waals surface area contributed by atoms with Crippen molar-refractivity contribution >= 4 is 15.7 Å². The molecular formula is C12H14N2O3S. The normalized spacial score (nSPS) is 13.4. The Kier molecular flexibility index (Phi) is 3.40. The number of furan rings is 1. The molecule has 2 rings (SSSR count). The van der Waals surface area contributed by atoms with Crippen LogP contribution in [0.3, 0.4) is 0 Å². The third kappa shape index (κ3) is 2.72. The largest absolute Gasteiger partial charge is 0.468 e. The first-order chi connectivity index (χ1) is 8.49. The lowest BCUT2D eigenvalue weighted by Crippen LogP contribution is -2.26. The fourth-order valence-electron chi connectivity index (χ4n) is 1.54. The smallest absolute Gasteiger partial charge is 0.241 e. The molecule has 0 fully saturated rings. The Balaban J connectivity index is 2.20. The van der Waals surface area contributed by atoms with Crippen molar-refractivity contribution < 1.29 is 12.8 Å². The third-order valence-electron chi connectivity index (χ3n) is 2.49. The molecule has 0 aliphatic carbocycles. The van der Waals surface area contributed by atoms with E-state index in [1.54, 1.807) is 31.2 Å². The van der Waals surface area contributed by atoms with Gasteiger partial charge in [0.15, 0.2) is 0 Å². The second-order valence-electron chi connectivity index (χ2n) is 3.93. The summed E-state index contributed by atoms with van der Waals surface area (Å²) in [4.78, 5) is 0.176. The average molecular weight is 266 g/mol. The van der Waals surface area contributed by atoms with E-state index in [0.717, 1.165) is 0 Å². The van der Waals surface area contributed by atoms with Crippen LogP contribution in [-0.4, -0.2) is 8.42 Å². The second kappa shape index (κ2) is 4.83. The van der Waals surface area contributed by atoms with E-state index in [-0.39, 0.29) is 4.90 Å². The van der Waals surface area contributed by atoms with Crippen molar-refractivity contribution in [3.05, 3.63) is 48.4 Å². The van der Waals surface area contributed by atoms with Crippen molar-refractivity contribution in [3.63, 3.8) is 0 Å². The molecule has 1 atom stereocenters. The Morgan fingerprint density at radius 1 is 1.22 bits per heavy atom. The Bertz CT molecular complexity index is 603. The van der Waals surface area contributed by atoms with Crippen LogP contribution in [0.25, 0.3) is 0 Å². The molecule has 6 heteroatoms. The second-order valence-corrected chi connectivity index (χ2v) is 5.64. The van der Waals surface area contributed by atoms with Crippen LogP contribution in [0.2, 0.25) is 0 Å². The van der Waals surface area contributed by atoms with E-state index >= 15 is 0 Å². The van der Waals surface area contributed by atoms with Crippen molar-refractivity contribution in [2.45, 2.75) is 17.9 Å². The minimum atomic E-state index is -3.57. The summed E-state index contributed by atoms with van der Waals surface area (Å²) < 4.78 is 31.8. The number of sulfonamides is 1. The number of nitrogen functional groups attached to an aromatic ring is 1. The zero-order valence-corrected chi connectivity index (χ0v) is 10.6. The lowest BCUT2D eigenvalue weighted by Gasteiger charge is -2.12. The highest BCUT2D eigenvalue weighted by molar-refractivity contribution is 7.89. The molecule has 0 aliphatic heterocycles. The van der Waals surface area contributed by atoms with E-state index in [2.05, 4.69) is 4.72 Å². The zero-order chi connectivity index (χ0) is 13.2. The van der Waals surface area contributed by atoms with Gasteiger partial charge in [-0.15, -0.1) is 0 Å². The van der Waals surface area contributed by atoms with Crippen LogP contribution in [0, 0.1) is 0 Å². The maximum Gasteiger partial charge on any atom is 0.241 e. The van der Waals surface area contributed by atoms with E-state index in [0.29, 0.717) is 11.4 Å². The molecule has 5 nitrogen and oxygen atoms in total. The van der Waals surface area contributed by atoms with Gasteiger partial charge in [-0.05, 0) is 43.3 Å². The van der Waals surface area contributed by atoms with E-state index < -0.39 is 16.1 Å². The Morgan fingerprint density at radius 3 is 2.44 bits per heavy atom. The van der Waals surface area contributed by atoms with Gasteiger partial charge < -0.3 is 10.2 Å². The van der Waals surface area contributed by atoms with E-state index in [1.807, 2.05) is 0 Å². The molecule has 1 aromatic heterocycles. The minimum absolute atomic E-state index is 0.176. The predicted molar refractivity (Wildman–Crippen MR) is 68.3 cm³/mol. The first-order valence-electron chi connectivity index (χ1n) is 5.40. The molecule has 0 amide bonds. The average Bonchev–Trinajstić information content (AvgIpc) is 2.82. The van der Waals surface area contributed by atoms with Gasteiger partial charge in [-0.25, -0.2) is 13.1 Å². The minimum Gasteiger partial charge on any atom is -0.468 e. The van der Waals surface area contributed by atoms with Gasteiger partial charge in [0, 0.05) is 5.69 Å². The van der Waals surface area contributed by atoms with E-state index in [4.69, 9.17) is 10.2 Å². The van der Waals surface area contributed by atoms with E-state index in [9.17, 15) is 8.42 Å². The van der Waals surface area contributed by atoms with Gasteiger partial charge in [0.05, 0.1) is 17.2 Å². The molecule has 2 aromatic rings. The van der Waals surface area contributed by atoms with Gasteiger partial charge in [0.25, 0.3) is 0 Å². The third-order valence-corrected chi connectivity index (χ3v) is 4.05. The summed E-state index contributed by atoms with van der Waals surface area (Å²) in [6.07, 6.45) is 1.50. The molecule has 0 aliphatic rings. The van der Waals surface area contributed by atoms with Crippen LogP contribution >= 0.6 is 0 Å². The predicted octanol–water partition coefficient (Wildman–Crippen LogP) is 1.90. The molecule has 0 radical (unpaired) electrons. The highest BCUT2D eigenvalue weighted by Crippen LogP contribution is 2.17. The standard InChI is InChI=1S/C12H14N2O3S/c1-9(12-3-2-8-17-12)14-18(15,16)11-6-4-10(13)5-7-11/h2-9,14H,13H2,1H3. The maximum atomic E-state index is 12.1. The molecule has 0 saturated carbocycles. The Morgan fingerprint density at radius 2 is 1.89 bits per heavy atom. The van der Waals surface area contributed by atoms with Crippen molar-refractivity contribution in [1.82, 2.24) is 4.72 Å². The van der Waals surface area contributed by atoms with Gasteiger partial charge in [-0.2, -0.15) is 0 Å². The molecule has 1 aromatic carbocycles. The first-order valence-corrected chi connectivity index (χ1v) is 6.88. The molecule has 1 heterocycles. The Hall–Kier alpha value is -1.79. The molecule has 18 heavy (non-hydrogen) atoms. The fourth-order valence-corrected chi connectivity index (χ4v) is 2.76. The monoisotopic (exact) mass is 266 g/mol. The summed E-state index contributed by atoms with van der Waals surface area (Å²) in [7, 11) is -3.57. The van der Waals surface area contributed by atoms with Gasteiger partial charge >= 0.3 is 0 Å². The first kappa shape index (κ1) is 12.7. The SMILES string of the molecule is CC(NS(=O)(=O)c1ccc(N)cc1)c1ccco1. The number of rotatable bonds is 4. The molecule has 0 saturated heterocycles. The van der Waals surface area contributed by atoms with Crippen LogP contribution in [0.4, 0.5) is 5.69 Å². The van der Waals surface area contributed by atoms with Gasteiger partial charge in [0.1, 0.15) is 5.76 Å². The summed E-state index contributed by atoms with van der Waals surface area (Å²) >= 11 is 0. The van der Waals surface area contributed by atoms with Crippen molar-refractivity contribution in [2.75, 3.05) is 5.73 Å². The van der Waals surface area contributed by atoms with Crippen molar-refractivity contribution in [3.8, 4) is 0 Å². The van der Waals surface area contributed by atoms with Crippen LogP contribution in [0.15, 0.2) is 52.0 Å². The molecule has 3 N–H and O–H groups in total. The van der Waals surface area contributed by atoms with Crippen LogP contribution in [0.1, 0.15) is 18.7 Å². The van der Waals surface area contributed by atoms with Crippen molar-refractivity contribution in [1.29, 1.82) is 0 Å². The maximum absolute atomic E-state index is 12.1. The van der Waals surface area contributed by atoms with Gasteiger partial charge in [-0.3, -0.25) is 0 Å². The quantitative estimate of drug-likeness (QED) is 0.828. The molecular weight excluding hydrogens is 252 g/mol. The van der Waals surface area contributed by atoms with Crippen LogP contribution < -0.4 is 10.5 Å². The summed E-state index contributed by atoms with van der Waals surface area (Å²) in [5, 5.41) is 0. The summed E-state index contributed by atoms with van der Waals surface area (Å²) in [5.41, 5.74) is 6.04. The topological polar surface area (TPSA) is 85.3 Å². The van der Waals surface area contributed by atoms with Gasteiger partial charge in [0.2, 0.25) is 10.0 Å². The van der Waals surface area contributed by atoms with Gasteiger partial charge in [-0.1, -0.05) is 0 Å². The summed E-state index contributed by atoms with van der Waals surface area (Å²) in [5.74, 6) is 0.564. The molecule has 96 valence electrons. The zero-order valence-electron chi connectivity index (χ0n) is 9.83. The van der Waals surface area contributed by atoms with Crippen LogP contribution in [-0.2, 0) is 10.0 Å². The highest BCUT2D eigenvalue weighted by atomic mass is 32.2. The number of anilines is 1. The van der Waals surface area contributed by atoms with E-state index in [1.165, 1.54) is 18.4 Å². The lowest BCUT2D eigenvalue weighted by atomic mass is 10.3. The highest BCUT2D eigenvalue weighted by Gasteiger charge is 2.19. The lowest BCUT2D eigenvalue weighted by molar-refractivity contribution is 0.459. The molecule has 0 bridgehead atoms. The summed E-state index contributed by atoms with van der Waals surface area (Å²) in [6, 6.07) is 9.03. The number of hydrogen-bond acceptors (Lipinski definition) is 4. The number of nitrogens with one attached hydrogen (secondary N) is 1. The Labute approximate surface area is 106 Å². The fraction of sp³-hybridized carbons (Fsp3) is 0.167. The molecule has 0 spiro atoms. The number of benzene rings is 1.